The topological polar surface area (TPSA) is 0 Å². The van der Waals surface area contributed by atoms with E-state index in [1.54, 1.807) is 11.1 Å². The van der Waals surface area contributed by atoms with Crippen LogP contribution in [0.2, 0.25) is 0 Å². The van der Waals surface area contributed by atoms with E-state index in [1.807, 2.05) is 11.3 Å². The number of thiophene rings is 1. The molecule has 0 aliphatic heterocycles. The average molecular weight is 228 g/mol. The zero-order valence-corrected chi connectivity index (χ0v) is 10.3. The van der Waals surface area contributed by atoms with Crippen LogP contribution in [0.15, 0.2) is 22.4 Å². The highest BCUT2D eigenvalue weighted by molar-refractivity contribution is 7.08. The summed E-state index contributed by atoms with van der Waals surface area (Å²) in [6.07, 6.45) is 13.6. The van der Waals surface area contributed by atoms with E-state index in [4.69, 9.17) is 0 Å². The summed E-state index contributed by atoms with van der Waals surface area (Å²) in [5.74, 6) is 0. The monoisotopic (exact) mass is 228 g/mol. The molecule has 16 heavy (non-hydrogen) atoms. The van der Waals surface area contributed by atoms with Gasteiger partial charge in [0, 0.05) is 0 Å². The SMILES string of the molecule is C1=C2CC3(C=C2c2cscc21)CCCCC3. The molecule has 1 aromatic heterocycles. The van der Waals surface area contributed by atoms with E-state index >= 15 is 0 Å². The Bertz CT molecular complexity index is 495. The van der Waals surface area contributed by atoms with Crippen LogP contribution in [0.4, 0.5) is 0 Å². The summed E-state index contributed by atoms with van der Waals surface area (Å²) < 4.78 is 0. The third-order valence-electron chi connectivity index (χ3n) is 4.50. The van der Waals surface area contributed by atoms with Crippen molar-refractivity contribution in [3.05, 3.63) is 33.5 Å². The van der Waals surface area contributed by atoms with Crippen LogP contribution >= 0.6 is 11.3 Å². The Morgan fingerprint density at radius 2 is 1.94 bits per heavy atom. The molecule has 0 saturated heterocycles. The lowest BCUT2D eigenvalue weighted by Crippen LogP contribution is -2.18. The van der Waals surface area contributed by atoms with Gasteiger partial charge in [-0.05, 0) is 63.8 Å². The van der Waals surface area contributed by atoms with Crippen molar-refractivity contribution in [1.82, 2.24) is 0 Å². The molecule has 0 atom stereocenters. The number of allylic oxidation sites excluding steroid dienone is 3. The molecule has 82 valence electrons. The van der Waals surface area contributed by atoms with Gasteiger partial charge in [0.15, 0.2) is 0 Å². The largest absolute Gasteiger partial charge is 0.151 e. The van der Waals surface area contributed by atoms with Crippen LogP contribution in [0.3, 0.4) is 0 Å². The predicted octanol–water partition coefficient (Wildman–Crippen LogP) is 4.88. The third kappa shape index (κ3) is 1.15. The van der Waals surface area contributed by atoms with E-state index in [0.29, 0.717) is 5.41 Å². The number of hydrogen-bond donors (Lipinski definition) is 0. The van der Waals surface area contributed by atoms with Crippen molar-refractivity contribution in [2.45, 2.75) is 38.5 Å². The van der Waals surface area contributed by atoms with Crippen molar-refractivity contribution in [3.63, 3.8) is 0 Å². The Morgan fingerprint density at radius 1 is 1.06 bits per heavy atom. The highest BCUT2D eigenvalue weighted by atomic mass is 32.1. The van der Waals surface area contributed by atoms with Gasteiger partial charge in [-0.15, -0.1) is 0 Å². The molecule has 0 aromatic carbocycles. The van der Waals surface area contributed by atoms with E-state index in [-0.39, 0.29) is 0 Å². The van der Waals surface area contributed by atoms with Gasteiger partial charge in [0.05, 0.1) is 0 Å². The number of fused-ring (bicyclic) bond motifs is 3. The summed E-state index contributed by atoms with van der Waals surface area (Å²) >= 11 is 1.84. The zero-order valence-electron chi connectivity index (χ0n) is 9.46. The summed E-state index contributed by atoms with van der Waals surface area (Å²) in [5, 5.41) is 4.61. The molecule has 3 aliphatic rings. The van der Waals surface area contributed by atoms with Gasteiger partial charge >= 0.3 is 0 Å². The maximum Gasteiger partial charge on any atom is -0.000430 e. The van der Waals surface area contributed by atoms with Crippen molar-refractivity contribution in [2.24, 2.45) is 5.41 Å². The van der Waals surface area contributed by atoms with Crippen LogP contribution in [-0.2, 0) is 0 Å². The first-order valence-corrected chi connectivity index (χ1v) is 7.31. The summed E-state index contributed by atoms with van der Waals surface area (Å²) in [6, 6.07) is 0. The molecule has 1 heterocycles. The lowest BCUT2D eigenvalue weighted by molar-refractivity contribution is 0.266. The Hall–Kier alpha value is -0.820. The molecule has 0 radical (unpaired) electrons. The minimum atomic E-state index is 0.555. The second kappa shape index (κ2) is 3.10. The first-order chi connectivity index (χ1) is 7.86. The molecule has 3 aliphatic carbocycles. The molecule has 0 unspecified atom stereocenters. The van der Waals surface area contributed by atoms with Crippen molar-refractivity contribution in [2.75, 3.05) is 0 Å². The number of hydrogen-bond acceptors (Lipinski definition) is 1. The van der Waals surface area contributed by atoms with Gasteiger partial charge in [-0.25, -0.2) is 0 Å². The summed E-state index contributed by atoms with van der Waals surface area (Å²) in [6.45, 7) is 0. The first-order valence-electron chi connectivity index (χ1n) is 6.37. The van der Waals surface area contributed by atoms with Gasteiger partial charge in [0.2, 0.25) is 0 Å². The minimum Gasteiger partial charge on any atom is -0.151 e. The van der Waals surface area contributed by atoms with E-state index in [0.717, 1.165) is 0 Å². The van der Waals surface area contributed by atoms with Crippen molar-refractivity contribution in [3.8, 4) is 0 Å². The molecule has 0 amide bonds. The summed E-state index contributed by atoms with van der Waals surface area (Å²) in [4.78, 5) is 0. The second-order valence-electron chi connectivity index (χ2n) is 5.57. The fourth-order valence-corrected chi connectivity index (χ4v) is 4.52. The standard InChI is InChI=1S/C15H16S/c1-2-4-15(5-3-1)7-11-6-12-9-16-10-14(12)13(11)8-15/h6,8-10H,1-5,7H2. The number of rotatable bonds is 0. The molecule has 1 aromatic rings. The van der Waals surface area contributed by atoms with E-state index < -0.39 is 0 Å². The van der Waals surface area contributed by atoms with Crippen LogP contribution in [0.5, 0.6) is 0 Å². The molecule has 4 rings (SSSR count). The van der Waals surface area contributed by atoms with Gasteiger partial charge in [-0.1, -0.05) is 25.3 Å². The van der Waals surface area contributed by atoms with E-state index in [1.165, 1.54) is 49.7 Å². The quantitative estimate of drug-likeness (QED) is 0.593. The molecule has 0 bridgehead atoms. The normalized spacial score (nSPS) is 25.2. The van der Waals surface area contributed by atoms with Crippen LogP contribution in [0.25, 0.3) is 11.6 Å². The Labute approximate surface area is 101 Å². The highest BCUT2D eigenvalue weighted by Crippen LogP contribution is 2.55. The lowest BCUT2D eigenvalue weighted by Gasteiger charge is -2.31. The van der Waals surface area contributed by atoms with E-state index in [9.17, 15) is 0 Å². The van der Waals surface area contributed by atoms with Gasteiger partial charge in [0.25, 0.3) is 0 Å². The van der Waals surface area contributed by atoms with Crippen LogP contribution in [0.1, 0.15) is 49.7 Å². The second-order valence-corrected chi connectivity index (χ2v) is 6.31. The van der Waals surface area contributed by atoms with Crippen molar-refractivity contribution in [1.29, 1.82) is 0 Å². The Balaban J connectivity index is 1.78. The minimum absolute atomic E-state index is 0.555. The van der Waals surface area contributed by atoms with Crippen LogP contribution < -0.4 is 0 Å². The Kier molecular flexibility index (Phi) is 1.79. The van der Waals surface area contributed by atoms with Gasteiger partial charge in [0.1, 0.15) is 0 Å². The maximum atomic E-state index is 2.62. The van der Waals surface area contributed by atoms with Gasteiger partial charge in [-0.3, -0.25) is 0 Å². The van der Waals surface area contributed by atoms with Crippen LogP contribution in [-0.4, -0.2) is 0 Å². The Morgan fingerprint density at radius 3 is 2.81 bits per heavy atom. The van der Waals surface area contributed by atoms with Gasteiger partial charge in [-0.2, -0.15) is 11.3 Å². The van der Waals surface area contributed by atoms with Gasteiger partial charge < -0.3 is 0 Å². The van der Waals surface area contributed by atoms with E-state index in [2.05, 4.69) is 22.9 Å². The highest BCUT2D eigenvalue weighted by Gasteiger charge is 2.39. The summed E-state index contributed by atoms with van der Waals surface area (Å²) in [5.41, 5.74) is 6.75. The van der Waals surface area contributed by atoms with Crippen molar-refractivity contribution < 1.29 is 0 Å². The molecule has 1 fully saturated rings. The predicted molar refractivity (Wildman–Crippen MR) is 70.4 cm³/mol. The smallest absolute Gasteiger partial charge is 0.000430 e. The van der Waals surface area contributed by atoms with Crippen LogP contribution in [0, 0.1) is 5.41 Å². The molecule has 1 spiro atoms. The molecule has 1 heteroatoms. The average Bonchev–Trinajstić information content (AvgIpc) is 2.91. The molecular weight excluding hydrogens is 212 g/mol. The summed E-state index contributed by atoms with van der Waals surface area (Å²) in [7, 11) is 0. The first kappa shape index (κ1) is 9.23. The molecule has 0 nitrogen and oxygen atoms in total. The molecule has 1 saturated carbocycles. The fraction of sp³-hybridized carbons (Fsp3) is 0.467. The zero-order chi connectivity index (χ0) is 10.6. The maximum absolute atomic E-state index is 2.62. The third-order valence-corrected chi connectivity index (χ3v) is 5.26. The fourth-order valence-electron chi connectivity index (χ4n) is 3.71. The van der Waals surface area contributed by atoms with Crippen molar-refractivity contribution >= 4 is 23.0 Å². The molecule has 0 N–H and O–H groups in total. The molecular formula is C15H16S. The lowest BCUT2D eigenvalue weighted by atomic mass is 9.73.